The van der Waals surface area contributed by atoms with Crippen molar-refractivity contribution in [3.63, 3.8) is 0 Å². The number of amides is 1. The molecular formula is C6H9NO5. The van der Waals surface area contributed by atoms with E-state index in [9.17, 15) is 14.4 Å². The molecule has 0 aliphatic rings. The van der Waals surface area contributed by atoms with E-state index in [-0.39, 0.29) is 0 Å². The van der Waals surface area contributed by atoms with Crippen molar-refractivity contribution in [1.29, 1.82) is 0 Å². The summed E-state index contributed by atoms with van der Waals surface area (Å²) in [5.41, 5.74) is 0. The lowest BCUT2D eigenvalue weighted by Crippen LogP contribution is -2.32. The predicted molar refractivity (Wildman–Crippen MR) is 37.3 cm³/mol. The van der Waals surface area contributed by atoms with Gasteiger partial charge in [-0.05, 0) is 0 Å². The van der Waals surface area contributed by atoms with Crippen LogP contribution in [0.25, 0.3) is 0 Å². The second kappa shape index (κ2) is 5.11. The normalized spacial score (nSPS) is 8.75. The van der Waals surface area contributed by atoms with Gasteiger partial charge in [0.2, 0.25) is 0 Å². The van der Waals surface area contributed by atoms with Crippen molar-refractivity contribution in [3.8, 4) is 0 Å². The third-order valence-electron chi connectivity index (χ3n) is 0.843. The first kappa shape index (κ1) is 10.4. The maximum absolute atomic E-state index is 10.6. The Hall–Kier alpha value is -1.59. The van der Waals surface area contributed by atoms with Gasteiger partial charge in [-0.2, -0.15) is 0 Å². The number of rotatable bonds is 4. The fraction of sp³-hybridized carbons (Fsp3) is 0.500. The van der Waals surface area contributed by atoms with Crippen molar-refractivity contribution in [2.45, 2.75) is 6.92 Å². The summed E-state index contributed by atoms with van der Waals surface area (Å²) in [4.78, 5) is 30.7. The van der Waals surface area contributed by atoms with Gasteiger partial charge >= 0.3 is 11.9 Å². The highest BCUT2D eigenvalue weighted by atomic mass is 16.5. The van der Waals surface area contributed by atoms with E-state index >= 15 is 0 Å². The summed E-state index contributed by atoms with van der Waals surface area (Å²) in [5.74, 6) is -2.36. The molecule has 0 aromatic heterocycles. The van der Waals surface area contributed by atoms with Crippen LogP contribution in [0.2, 0.25) is 0 Å². The lowest BCUT2D eigenvalue weighted by atomic mass is 10.6. The van der Waals surface area contributed by atoms with E-state index < -0.39 is 31.0 Å². The molecule has 68 valence electrons. The van der Waals surface area contributed by atoms with E-state index in [0.29, 0.717) is 0 Å². The maximum atomic E-state index is 10.6. The third kappa shape index (κ3) is 6.53. The van der Waals surface area contributed by atoms with Gasteiger partial charge in [-0.1, -0.05) is 0 Å². The molecule has 0 aromatic rings. The van der Waals surface area contributed by atoms with Crippen LogP contribution in [0.5, 0.6) is 0 Å². The Kier molecular flexibility index (Phi) is 4.43. The van der Waals surface area contributed by atoms with Gasteiger partial charge in [0.1, 0.15) is 6.54 Å². The van der Waals surface area contributed by atoms with Gasteiger partial charge in [0.05, 0.1) is 0 Å². The zero-order valence-electron chi connectivity index (χ0n) is 6.49. The number of nitrogens with one attached hydrogen (secondary N) is 1. The molecule has 0 aliphatic carbocycles. The Morgan fingerprint density at radius 3 is 2.42 bits per heavy atom. The van der Waals surface area contributed by atoms with Crippen LogP contribution < -0.4 is 5.32 Å². The molecule has 6 heteroatoms. The van der Waals surface area contributed by atoms with Crippen LogP contribution in [-0.4, -0.2) is 36.1 Å². The second-order valence-corrected chi connectivity index (χ2v) is 1.95. The van der Waals surface area contributed by atoms with Crippen LogP contribution in [0.15, 0.2) is 0 Å². The monoisotopic (exact) mass is 175 g/mol. The lowest BCUT2D eigenvalue weighted by molar-refractivity contribution is -0.146. The second-order valence-electron chi connectivity index (χ2n) is 1.95. The fourth-order valence-electron chi connectivity index (χ4n) is 0.392. The highest BCUT2D eigenvalue weighted by Gasteiger charge is 2.04. The number of ether oxygens (including phenoxy) is 1. The molecule has 0 aliphatic heterocycles. The molecule has 0 heterocycles. The van der Waals surface area contributed by atoms with Crippen LogP contribution >= 0.6 is 0 Å². The molecule has 0 radical (unpaired) electrons. The maximum Gasteiger partial charge on any atom is 0.322 e. The van der Waals surface area contributed by atoms with Crippen LogP contribution in [0.3, 0.4) is 0 Å². The van der Waals surface area contributed by atoms with Crippen molar-refractivity contribution in [2.24, 2.45) is 0 Å². The molecule has 0 bridgehead atoms. The van der Waals surface area contributed by atoms with E-state index in [1.165, 1.54) is 0 Å². The van der Waals surface area contributed by atoms with E-state index in [1.807, 2.05) is 5.32 Å². The number of carbonyl (C=O) groups excluding carboxylic acids is 2. The first-order valence-electron chi connectivity index (χ1n) is 3.14. The quantitative estimate of drug-likeness (QED) is 0.521. The highest BCUT2D eigenvalue weighted by Crippen LogP contribution is 1.75. The zero-order chi connectivity index (χ0) is 9.56. The van der Waals surface area contributed by atoms with Gasteiger partial charge in [-0.15, -0.1) is 0 Å². The molecule has 0 unspecified atom stereocenters. The number of carbonyl (C=O) groups is 3. The first-order valence-corrected chi connectivity index (χ1v) is 3.14. The Balaban J connectivity index is 3.47. The van der Waals surface area contributed by atoms with Crippen LogP contribution in [0, 0.1) is 0 Å². The molecule has 1 amide bonds. The number of hydrogen-bond acceptors (Lipinski definition) is 4. The number of carboxylic acids is 1. The Labute approximate surface area is 68.5 Å². The summed E-state index contributed by atoms with van der Waals surface area (Å²) in [6.45, 7) is 0.243. The minimum Gasteiger partial charge on any atom is -0.480 e. The number of aliphatic carboxylic acids is 1. The van der Waals surface area contributed by atoms with Crippen molar-refractivity contribution in [1.82, 2.24) is 5.32 Å². The number of carboxylic acid groups (broad SMARTS) is 1. The van der Waals surface area contributed by atoms with Crippen LogP contribution in [0.4, 0.5) is 0 Å². The fourth-order valence-corrected chi connectivity index (χ4v) is 0.392. The largest absolute Gasteiger partial charge is 0.480 e. The molecule has 2 N–H and O–H groups in total. The average Bonchev–Trinajstić information content (AvgIpc) is 1.96. The van der Waals surface area contributed by atoms with Gasteiger partial charge in [-0.3, -0.25) is 14.4 Å². The van der Waals surface area contributed by atoms with Gasteiger partial charge < -0.3 is 15.2 Å². The molecule has 0 aromatic carbocycles. The summed E-state index contributed by atoms with van der Waals surface area (Å²) < 4.78 is 4.29. The van der Waals surface area contributed by atoms with Crippen LogP contribution in [0.1, 0.15) is 6.92 Å². The molecule has 0 saturated carbocycles. The zero-order valence-corrected chi connectivity index (χ0v) is 6.49. The standard InChI is InChI=1S/C6H9NO5/c1-4(8)12-3-5(9)7-2-6(10)11/h2-3H2,1H3,(H,7,9)(H,10,11). The van der Waals surface area contributed by atoms with E-state index in [1.54, 1.807) is 0 Å². The molecular weight excluding hydrogens is 166 g/mol. The molecule has 0 spiro atoms. The molecule has 6 nitrogen and oxygen atoms in total. The van der Waals surface area contributed by atoms with Gasteiger partial charge in [0, 0.05) is 6.92 Å². The average molecular weight is 175 g/mol. The third-order valence-corrected chi connectivity index (χ3v) is 0.843. The van der Waals surface area contributed by atoms with Crippen molar-refractivity contribution >= 4 is 17.8 Å². The smallest absolute Gasteiger partial charge is 0.322 e. The highest BCUT2D eigenvalue weighted by molar-refractivity contribution is 5.83. The van der Waals surface area contributed by atoms with Gasteiger partial charge in [-0.25, -0.2) is 0 Å². The van der Waals surface area contributed by atoms with Crippen molar-refractivity contribution in [2.75, 3.05) is 13.2 Å². The van der Waals surface area contributed by atoms with Gasteiger partial charge in [0.15, 0.2) is 6.61 Å². The number of esters is 1. The SMILES string of the molecule is CC(=O)OCC(=O)NCC(=O)O. The summed E-state index contributed by atoms with van der Waals surface area (Å²) in [6, 6.07) is 0. The van der Waals surface area contributed by atoms with Crippen LogP contribution in [-0.2, 0) is 19.1 Å². The molecule has 0 fully saturated rings. The van der Waals surface area contributed by atoms with Gasteiger partial charge in [0.25, 0.3) is 5.91 Å². The summed E-state index contributed by atoms with van der Waals surface area (Å²) >= 11 is 0. The minimum atomic E-state index is -1.15. The number of hydrogen-bond donors (Lipinski definition) is 2. The van der Waals surface area contributed by atoms with E-state index in [4.69, 9.17) is 5.11 Å². The van der Waals surface area contributed by atoms with E-state index in [2.05, 4.69) is 4.74 Å². The Morgan fingerprint density at radius 1 is 1.42 bits per heavy atom. The summed E-state index contributed by atoms with van der Waals surface area (Å²) in [7, 11) is 0. The van der Waals surface area contributed by atoms with E-state index in [0.717, 1.165) is 6.92 Å². The molecule has 0 rings (SSSR count). The summed E-state index contributed by atoms with van der Waals surface area (Å²) in [6.07, 6.45) is 0. The Morgan fingerprint density at radius 2 is 2.00 bits per heavy atom. The lowest BCUT2D eigenvalue weighted by Gasteiger charge is -2.01. The summed E-state index contributed by atoms with van der Waals surface area (Å²) in [5, 5.41) is 10.1. The topological polar surface area (TPSA) is 92.7 Å². The molecule has 0 atom stereocenters. The first-order chi connectivity index (χ1) is 5.52. The van der Waals surface area contributed by atoms with Crippen molar-refractivity contribution in [3.05, 3.63) is 0 Å². The predicted octanol–water partition coefficient (Wildman–Crippen LogP) is -1.25. The van der Waals surface area contributed by atoms with Crippen molar-refractivity contribution < 1.29 is 24.2 Å². The molecule has 0 saturated heterocycles. The Bertz CT molecular complexity index is 180. The molecule has 12 heavy (non-hydrogen) atoms. The minimum absolute atomic E-state index is 0.442.